The molecule has 4 fully saturated rings. The number of aliphatic hydroxyl groups excluding tert-OH is 2. The predicted molar refractivity (Wildman–Crippen MR) is 88.9 cm³/mol. The van der Waals surface area contributed by atoms with Gasteiger partial charge in [0.05, 0.1) is 12.2 Å². The SMILES string of the molecule is O[C@@H]1CCC[C@H]1N1CCCC1.O[C@H]1CCC[C@@H]1N1CCCC1. The van der Waals surface area contributed by atoms with Gasteiger partial charge in [-0.3, -0.25) is 9.80 Å². The zero-order chi connectivity index (χ0) is 15.4. The summed E-state index contributed by atoms with van der Waals surface area (Å²) < 4.78 is 0. The van der Waals surface area contributed by atoms with Crippen molar-refractivity contribution >= 4 is 0 Å². The highest BCUT2D eigenvalue weighted by Crippen LogP contribution is 2.27. The van der Waals surface area contributed by atoms with Gasteiger partial charge in [0.25, 0.3) is 0 Å². The molecule has 2 aliphatic heterocycles. The Hall–Kier alpha value is -0.160. The predicted octanol–water partition coefficient (Wildman–Crippen LogP) is 1.99. The molecule has 0 spiro atoms. The van der Waals surface area contributed by atoms with Crippen LogP contribution in [0, 0.1) is 0 Å². The fourth-order valence-electron chi connectivity index (χ4n) is 4.84. The average molecular weight is 310 g/mol. The Morgan fingerprint density at radius 2 is 0.864 bits per heavy atom. The Kier molecular flexibility index (Phi) is 6.14. The van der Waals surface area contributed by atoms with E-state index in [0.717, 1.165) is 12.8 Å². The Labute approximate surface area is 135 Å². The van der Waals surface area contributed by atoms with E-state index in [1.807, 2.05) is 0 Å². The summed E-state index contributed by atoms with van der Waals surface area (Å²) in [5, 5.41) is 19.2. The summed E-state index contributed by atoms with van der Waals surface area (Å²) in [4.78, 5) is 4.94. The van der Waals surface area contributed by atoms with Crippen molar-refractivity contribution in [1.29, 1.82) is 0 Å². The second-order valence-corrected chi connectivity index (χ2v) is 7.62. The van der Waals surface area contributed by atoms with Crippen LogP contribution in [-0.2, 0) is 0 Å². The molecule has 4 aliphatic rings. The second-order valence-electron chi connectivity index (χ2n) is 7.62. The van der Waals surface area contributed by atoms with Gasteiger partial charge in [-0.1, -0.05) is 0 Å². The van der Waals surface area contributed by atoms with Crippen molar-refractivity contribution in [2.45, 2.75) is 88.5 Å². The monoisotopic (exact) mass is 310 g/mol. The summed E-state index contributed by atoms with van der Waals surface area (Å²) in [5.41, 5.74) is 0. The minimum absolute atomic E-state index is 0.0203. The molecule has 4 nitrogen and oxygen atoms in total. The number of rotatable bonds is 2. The van der Waals surface area contributed by atoms with Gasteiger partial charge in [0.2, 0.25) is 0 Å². The van der Waals surface area contributed by atoms with E-state index >= 15 is 0 Å². The fourth-order valence-corrected chi connectivity index (χ4v) is 4.84. The molecule has 0 bridgehead atoms. The maximum absolute atomic E-state index is 9.61. The Bertz CT molecular complexity index is 295. The van der Waals surface area contributed by atoms with Gasteiger partial charge in [-0.2, -0.15) is 0 Å². The third-order valence-corrected chi connectivity index (χ3v) is 6.11. The molecule has 4 heteroatoms. The van der Waals surface area contributed by atoms with Gasteiger partial charge < -0.3 is 10.2 Å². The van der Waals surface area contributed by atoms with Gasteiger partial charge in [0.15, 0.2) is 0 Å². The third kappa shape index (κ3) is 4.02. The molecule has 0 aromatic carbocycles. The van der Waals surface area contributed by atoms with E-state index in [2.05, 4.69) is 9.80 Å². The Balaban J connectivity index is 0.000000131. The first-order valence-corrected chi connectivity index (χ1v) is 9.60. The lowest BCUT2D eigenvalue weighted by Crippen LogP contribution is -2.38. The van der Waals surface area contributed by atoms with Crippen molar-refractivity contribution in [2.24, 2.45) is 0 Å². The summed E-state index contributed by atoms with van der Waals surface area (Å²) in [6, 6.07) is 1.02. The molecule has 2 saturated carbocycles. The fraction of sp³-hybridized carbons (Fsp3) is 1.00. The highest BCUT2D eigenvalue weighted by Gasteiger charge is 2.32. The zero-order valence-corrected chi connectivity index (χ0v) is 14.0. The maximum Gasteiger partial charge on any atom is 0.0695 e. The van der Waals surface area contributed by atoms with Crippen LogP contribution in [0.1, 0.15) is 64.2 Å². The lowest BCUT2D eigenvalue weighted by atomic mass is 10.2. The number of hydrogen-bond donors (Lipinski definition) is 2. The van der Waals surface area contributed by atoms with Crippen molar-refractivity contribution in [1.82, 2.24) is 9.80 Å². The van der Waals surface area contributed by atoms with Crippen molar-refractivity contribution in [3.8, 4) is 0 Å². The molecule has 22 heavy (non-hydrogen) atoms. The molecule has 0 aromatic rings. The van der Waals surface area contributed by atoms with Crippen LogP contribution in [-0.4, -0.2) is 70.5 Å². The molecule has 0 radical (unpaired) electrons. The van der Waals surface area contributed by atoms with E-state index < -0.39 is 0 Å². The first kappa shape index (κ1) is 16.7. The molecule has 2 N–H and O–H groups in total. The number of aliphatic hydroxyl groups is 2. The molecule has 2 aliphatic carbocycles. The van der Waals surface area contributed by atoms with Gasteiger partial charge in [0, 0.05) is 12.1 Å². The maximum atomic E-state index is 9.61. The van der Waals surface area contributed by atoms with Crippen LogP contribution in [0.3, 0.4) is 0 Å². The van der Waals surface area contributed by atoms with Crippen LogP contribution in [0.25, 0.3) is 0 Å². The highest BCUT2D eigenvalue weighted by atomic mass is 16.3. The molecule has 4 atom stereocenters. The first-order valence-electron chi connectivity index (χ1n) is 9.60. The standard InChI is InChI=1S/2C9H17NO/c2*11-9-5-3-4-8(9)10-6-1-2-7-10/h2*8-9,11H,1-7H2/t2*8-,9-/m10/s1. The molecular formula is C18H34N2O2. The highest BCUT2D eigenvalue weighted by molar-refractivity contribution is 4.87. The van der Waals surface area contributed by atoms with Crippen LogP contribution >= 0.6 is 0 Å². The lowest BCUT2D eigenvalue weighted by Gasteiger charge is -2.25. The minimum atomic E-state index is -0.0203. The number of nitrogens with zero attached hydrogens (tertiary/aromatic N) is 2. The lowest BCUT2D eigenvalue weighted by molar-refractivity contribution is 0.0852. The van der Waals surface area contributed by atoms with Crippen LogP contribution in [0.4, 0.5) is 0 Å². The van der Waals surface area contributed by atoms with Crippen molar-refractivity contribution in [3.05, 3.63) is 0 Å². The van der Waals surface area contributed by atoms with Crippen molar-refractivity contribution in [2.75, 3.05) is 26.2 Å². The van der Waals surface area contributed by atoms with Gasteiger partial charge in [-0.25, -0.2) is 0 Å². The van der Waals surface area contributed by atoms with E-state index in [-0.39, 0.29) is 12.2 Å². The first-order chi connectivity index (χ1) is 10.8. The molecule has 0 unspecified atom stereocenters. The van der Waals surface area contributed by atoms with E-state index in [9.17, 15) is 10.2 Å². The molecule has 0 amide bonds. The minimum Gasteiger partial charge on any atom is -0.391 e. The summed E-state index contributed by atoms with van der Waals surface area (Å²) >= 11 is 0. The molecular weight excluding hydrogens is 276 g/mol. The van der Waals surface area contributed by atoms with E-state index in [1.165, 1.54) is 77.5 Å². The quantitative estimate of drug-likeness (QED) is 0.819. The van der Waals surface area contributed by atoms with Gasteiger partial charge >= 0.3 is 0 Å². The van der Waals surface area contributed by atoms with Gasteiger partial charge in [0.1, 0.15) is 0 Å². The summed E-state index contributed by atoms with van der Waals surface area (Å²) in [7, 11) is 0. The van der Waals surface area contributed by atoms with Crippen molar-refractivity contribution in [3.63, 3.8) is 0 Å². The van der Waals surface area contributed by atoms with E-state index in [0.29, 0.717) is 12.1 Å². The molecule has 4 rings (SSSR count). The van der Waals surface area contributed by atoms with Crippen LogP contribution in [0.5, 0.6) is 0 Å². The molecule has 0 aromatic heterocycles. The number of likely N-dealkylation sites (tertiary alicyclic amines) is 2. The topological polar surface area (TPSA) is 46.9 Å². The molecule has 128 valence electrons. The molecule has 2 heterocycles. The van der Waals surface area contributed by atoms with E-state index in [4.69, 9.17) is 0 Å². The van der Waals surface area contributed by atoms with Crippen LogP contribution in [0.2, 0.25) is 0 Å². The summed E-state index contributed by atoms with van der Waals surface area (Å²) in [6.45, 7) is 4.90. The smallest absolute Gasteiger partial charge is 0.0695 e. The van der Waals surface area contributed by atoms with Crippen LogP contribution < -0.4 is 0 Å². The Morgan fingerprint density at radius 3 is 1.14 bits per heavy atom. The van der Waals surface area contributed by atoms with E-state index in [1.54, 1.807) is 0 Å². The second kappa shape index (κ2) is 8.09. The average Bonchev–Trinajstić information content (AvgIpc) is 3.27. The van der Waals surface area contributed by atoms with Crippen LogP contribution in [0.15, 0.2) is 0 Å². The summed E-state index contributed by atoms with van der Waals surface area (Å²) in [6.07, 6.45) is 12.3. The summed E-state index contributed by atoms with van der Waals surface area (Å²) in [5.74, 6) is 0. The largest absolute Gasteiger partial charge is 0.391 e. The Morgan fingerprint density at radius 1 is 0.500 bits per heavy atom. The van der Waals surface area contributed by atoms with Gasteiger partial charge in [-0.05, 0) is 90.4 Å². The number of hydrogen-bond acceptors (Lipinski definition) is 4. The molecule has 2 saturated heterocycles. The zero-order valence-electron chi connectivity index (χ0n) is 14.0. The normalized spacial score (nSPS) is 40.1. The van der Waals surface area contributed by atoms with Crippen molar-refractivity contribution < 1.29 is 10.2 Å². The van der Waals surface area contributed by atoms with Gasteiger partial charge in [-0.15, -0.1) is 0 Å². The third-order valence-electron chi connectivity index (χ3n) is 6.11.